The van der Waals surface area contributed by atoms with Crippen LogP contribution in [0.5, 0.6) is 5.75 Å². The van der Waals surface area contributed by atoms with E-state index in [9.17, 15) is 19.5 Å². The van der Waals surface area contributed by atoms with Crippen LogP contribution >= 0.6 is 0 Å². The van der Waals surface area contributed by atoms with Crippen molar-refractivity contribution in [1.29, 1.82) is 0 Å². The molecule has 3 aromatic carbocycles. The molecule has 3 aromatic rings. The summed E-state index contributed by atoms with van der Waals surface area (Å²) in [6.07, 6.45) is 2.12. The average Bonchev–Trinajstić information content (AvgIpc) is 2.99. The minimum atomic E-state index is -0.908. The summed E-state index contributed by atoms with van der Waals surface area (Å²) in [7, 11) is 3.13. The Balaban J connectivity index is 2.09. The maximum atomic E-state index is 14.2. The lowest BCUT2D eigenvalue weighted by atomic mass is 9.84. The van der Waals surface area contributed by atoms with Crippen LogP contribution in [0.1, 0.15) is 86.0 Å². The number of para-hydroxylation sites is 1. The molecule has 44 heavy (non-hydrogen) atoms. The van der Waals surface area contributed by atoms with Gasteiger partial charge >= 0.3 is 5.97 Å². The Bertz CT molecular complexity index is 1430. The smallest absolute Gasteiger partial charge is 0.310 e. The van der Waals surface area contributed by atoms with Crippen LogP contribution in [0.2, 0.25) is 0 Å². The van der Waals surface area contributed by atoms with Crippen molar-refractivity contribution in [2.75, 3.05) is 20.8 Å². The van der Waals surface area contributed by atoms with Crippen molar-refractivity contribution in [3.05, 3.63) is 89.0 Å². The predicted octanol–water partition coefficient (Wildman–Crippen LogP) is 6.68. The molecule has 0 spiro atoms. The molecule has 0 aliphatic heterocycles. The van der Waals surface area contributed by atoms with E-state index in [0.29, 0.717) is 40.0 Å². The summed E-state index contributed by atoms with van der Waals surface area (Å²) in [5.74, 6) is -1.85. The summed E-state index contributed by atoms with van der Waals surface area (Å²) in [6.45, 7) is 9.78. The third kappa shape index (κ3) is 8.47. The van der Waals surface area contributed by atoms with E-state index in [4.69, 9.17) is 9.47 Å². The molecule has 0 aliphatic rings. The molecule has 0 aromatic heterocycles. The molecule has 0 radical (unpaired) electrons. The summed E-state index contributed by atoms with van der Waals surface area (Å²) < 4.78 is 11.0. The van der Waals surface area contributed by atoms with Gasteiger partial charge in [0, 0.05) is 12.7 Å². The van der Waals surface area contributed by atoms with E-state index >= 15 is 0 Å². The van der Waals surface area contributed by atoms with Crippen LogP contribution in [-0.4, -0.2) is 49.8 Å². The van der Waals surface area contributed by atoms with E-state index in [1.54, 1.807) is 39.3 Å². The topological polar surface area (TPSA) is 114 Å². The number of rotatable bonds is 14. The van der Waals surface area contributed by atoms with Crippen LogP contribution in [0.25, 0.3) is 11.1 Å². The normalized spacial score (nSPS) is 13.4. The minimum absolute atomic E-state index is 0.266. The highest BCUT2D eigenvalue weighted by molar-refractivity contribution is 6.05. The van der Waals surface area contributed by atoms with Crippen molar-refractivity contribution >= 4 is 17.8 Å². The second-order valence-electron chi connectivity index (χ2n) is 12.2. The van der Waals surface area contributed by atoms with Gasteiger partial charge < -0.3 is 25.2 Å². The van der Waals surface area contributed by atoms with Crippen molar-refractivity contribution in [2.24, 2.45) is 5.41 Å². The molecule has 3 rings (SSSR count). The lowest BCUT2D eigenvalue weighted by molar-refractivity contribution is -0.139. The Hall–Kier alpha value is -4.17. The molecular formula is C36H46N2O6. The standard InChI is InChI=1S/C36H46N2O6/c1-8-9-17-26(35(41)42)25-20-23(2)31(28(21-25)27-18-13-14-19-30(27)44-7)33(39)38-32(36(3,4)5)34(40)37-29(22-43-6)24-15-11-10-12-16-24/h10-16,18-21,26,29,32H,8-9,17,22H2,1-7H3,(H,37,40)(H,38,39)(H,41,42)/t26?,29-,32-/m1/s1. The highest BCUT2D eigenvalue weighted by Gasteiger charge is 2.35. The summed E-state index contributed by atoms with van der Waals surface area (Å²) in [5, 5.41) is 16.2. The number of aryl methyl sites for hydroxylation is 1. The van der Waals surface area contributed by atoms with Gasteiger partial charge in [-0.3, -0.25) is 14.4 Å². The number of carboxylic acids is 1. The van der Waals surface area contributed by atoms with E-state index in [2.05, 4.69) is 10.6 Å². The molecule has 0 saturated heterocycles. The van der Waals surface area contributed by atoms with Crippen molar-refractivity contribution in [3.8, 4) is 16.9 Å². The number of ether oxygens (including phenoxy) is 2. The SMILES string of the molecule is CCCCC(C(=O)O)c1cc(C)c(C(=O)N[C@H](C(=O)N[C@H](COC)c2ccccc2)C(C)(C)C)c(-c2ccccc2OC)c1. The molecule has 8 nitrogen and oxygen atoms in total. The number of unbranched alkanes of at least 4 members (excludes halogenated alkanes) is 1. The van der Waals surface area contributed by atoms with Crippen LogP contribution in [0.15, 0.2) is 66.7 Å². The Morgan fingerprint density at radius 3 is 2.14 bits per heavy atom. The van der Waals surface area contributed by atoms with E-state index in [-0.39, 0.29) is 12.5 Å². The molecule has 2 amide bonds. The van der Waals surface area contributed by atoms with Crippen molar-refractivity contribution in [3.63, 3.8) is 0 Å². The third-order valence-electron chi connectivity index (χ3n) is 7.78. The van der Waals surface area contributed by atoms with Crippen LogP contribution in [0, 0.1) is 12.3 Å². The lowest BCUT2D eigenvalue weighted by Gasteiger charge is -2.32. The number of carboxylic acid groups (broad SMARTS) is 1. The van der Waals surface area contributed by atoms with Crippen LogP contribution in [0.3, 0.4) is 0 Å². The van der Waals surface area contributed by atoms with Gasteiger partial charge in [-0.2, -0.15) is 0 Å². The van der Waals surface area contributed by atoms with Gasteiger partial charge in [-0.25, -0.2) is 0 Å². The number of amides is 2. The van der Waals surface area contributed by atoms with Gasteiger partial charge in [-0.15, -0.1) is 0 Å². The number of nitrogens with one attached hydrogen (secondary N) is 2. The first-order valence-electron chi connectivity index (χ1n) is 15.1. The first kappa shape index (κ1) is 34.3. The summed E-state index contributed by atoms with van der Waals surface area (Å²) in [6, 6.07) is 19.1. The third-order valence-corrected chi connectivity index (χ3v) is 7.78. The van der Waals surface area contributed by atoms with Gasteiger partial charge in [-0.1, -0.05) is 95.1 Å². The predicted molar refractivity (Wildman–Crippen MR) is 173 cm³/mol. The molecule has 1 unspecified atom stereocenters. The second-order valence-corrected chi connectivity index (χ2v) is 12.2. The van der Waals surface area contributed by atoms with E-state index in [1.165, 1.54) is 0 Å². The van der Waals surface area contributed by atoms with Crippen LogP contribution < -0.4 is 15.4 Å². The van der Waals surface area contributed by atoms with E-state index < -0.39 is 35.3 Å². The maximum Gasteiger partial charge on any atom is 0.310 e. The van der Waals surface area contributed by atoms with E-state index in [1.807, 2.05) is 76.2 Å². The maximum absolute atomic E-state index is 14.2. The van der Waals surface area contributed by atoms with Gasteiger partial charge in [0.05, 0.1) is 31.2 Å². The zero-order chi connectivity index (χ0) is 32.4. The highest BCUT2D eigenvalue weighted by Crippen LogP contribution is 2.37. The average molecular weight is 603 g/mol. The fourth-order valence-corrected chi connectivity index (χ4v) is 5.45. The van der Waals surface area contributed by atoms with Gasteiger partial charge in [-0.05, 0) is 53.1 Å². The van der Waals surface area contributed by atoms with Crippen molar-refractivity contribution < 1.29 is 29.0 Å². The molecule has 236 valence electrons. The van der Waals surface area contributed by atoms with Gasteiger partial charge in [0.25, 0.3) is 5.91 Å². The largest absolute Gasteiger partial charge is 0.496 e. The fourth-order valence-electron chi connectivity index (χ4n) is 5.45. The molecule has 0 heterocycles. The van der Waals surface area contributed by atoms with E-state index in [0.717, 1.165) is 18.4 Å². The lowest BCUT2D eigenvalue weighted by Crippen LogP contribution is -2.54. The molecular weight excluding hydrogens is 556 g/mol. The molecule has 0 aliphatic carbocycles. The Kier molecular flexibility index (Phi) is 12.1. The molecule has 3 N–H and O–H groups in total. The Morgan fingerprint density at radius 2 is 1.55 bits per heavy atom. The second kappa shape index (κ2) is 15.5. The number of benzene rings is 3. The monoisotopic (exact) mass is 602 g/mol. The zero-order valence-electron chi connectivity index (χ0n) is 26.9. The summed E-state index contributed by atoms with van der Waals surface area (Å²) >= 11 is 0. The Morgan fingerprint density at radius 1 is 0.886 bits per heavy atom. The number of methoxy groups -OCH3 is 2. The molecule has 8 heteroatoms. The number of aliphatic carboxylic acids is 1. The van der Waals surface area contributed by atoms with Crippen molar-refractivity contribution in [2.45, 2.75) is 71.9 Å². The molecule has 0 saturated carbocycles. The van der Waals surface area contributed by atoms with Gasteiger partial charge in [0.15, 0.2) is 0 Å². The number of hydrogen-bond donors (Lipinski definition) is 3. The first-order valence-corrected chi connectivity index (χ1v) is 15.1. The summed E-state index contributed by atoms with van der Waals surface area (Å²) in [5.41, 5.74) is 3.05. The number of carbonyl (C=O) groups excluding carboxylic acids is 2. The van der Waals surface area contributed by atoms with Gasteiger partial charge in [0.2, 0.25) is 5.91 Å². The number of hydrogen-bond acceptors (Lipinski definition) is 5. The van der Waals surface area contributed by atoms with Gasteiger partial charge in [0.1, 0.15) is 11.8 Å². The van der Waals surface area contributed by atoms with Crippen molar-refractivity contribution in [1.82, 2.24) is 10.6 Å². The zero-order valence-corrected chi connectivity index (χ0v) is 26.9. The summed E-state index contributed by atoms with van der Waals surface area (Å²) in [4.78, 5) is 40.3. The van der Waals surface area contributed by atoms with Crippen LogP contribution in [0.4, 0.5) is 0 Å². The Labute approximate surface area is 261 Å². The highest BCUT2D eigenvalue weighted by atomic mass is 16.5. The minimum Gasteiger partial charge on any atom is -0.496 e. The molecule has 0 bridgehead atoms. The molecule has 0 fully saturated rings. The quantitative estimate of drug-likeness (QED) is 0.190. The molecule has 3 atom stereocenters. The van der Waals surface area contributed by atoms with Crippen LogP contribution in [-0.2, 0) is 14.3 Å². The fraction of sp³-hybridized carbons (Fsp3) is 0.417. The number of carbonyl (C=O) groups is 3. The first-order chi connectivity index (χ1) is 20.9.